The average molecular weight is 307 g/mol. The van der Waals surface area contributed by atoms with Gasteiger partial charge in [0.2, 0.25) is 11.8 Å². The van der Waals surface area contributed by atoms with Gasteiger partial charge < -0.3 is 20.1 Å². The Morgan fingerprint density at radius 3 is 2.86 bits per heavy atom. The third-order valence-corrected chi connectivity index (χ3v) is 3.72. The van der Waals surface area contributed by atoms with Crippen LogP contribution in [0.5, 0.6) is 5.88 Å². The van der Waals surface area contributed by atoms with Gasteiger partial charge in [0.15, 0.2) is 0 Å². The molecule has 0 spiro atoms. The Bertz CT molecular complexity index is 549. The number of likely N-dealkylation sites (tertiary alicyclic amines) is 1. The Morgan fingerprint density at radius 2 is 2.23 bits per heavy atom. The van der Waals surface area contributed by atoms with E-state index in [1.54, 1.807) is 30.3 Å². The monoisotopic (exact) mass is 307 g/mol. The molecule has 7 nitrogen and oxygen atoms in total. The highest BCUT2D eigenvalue weighted by atomic mass is 16.5. The molecular formula is C15H21N3O4. The predicted molar refractivity (Wildman–Crippen MR) is 79.4 cm³/mol. The summed E-state index contributed by atoms with van der Waals surface area (Å²) in [4.78, 5) is 29.6. The average Bonchev–Trinajstić information content (AvgIpc) is 2.89. The van der Waals surface area contributed by atoms with Gasteiger partial charge in [-0.2, -0.15) is 0 Å². The zero-order valence-electron chi connectivity index (χ0n) is 12.8. The molecule has 2 atom stereocenters. The summed E-state index contributed by atoms with van der Waals surface area (Å²) in [6.45, 7) is 3.12. The molecular weight excluding hydrogens is 286 g/mol. The van der Waals surface area contributed by atoms with Crippen LogP contribution < -0.4 is 10.5 Å². The highest BCUT2D eigenvalue weighted by molar-refractivity contribution is 5.96. The number of amides is 2. The van der Waals surface area contributed by atoms with E-state index in [0.717, 1.165) is 0 Å². The molecule has 0 unspecified atom stereocenters. The molecule has 22 heavy (non-hydrogen) atoms. The number of nitrogens with two attached hydrogens (primary N) is 1. The van der Waals surface area contributed by atoms with E-state index in [4.69, 9.17) is 15.2 Å². The summed E-state index contributed by atoms with van der Waals surface area (Å²) in [5.74, 6) is -0.329. The molecule has 1 fully saturated rings. The lowest BCUT2D eigenvalue weighted by atomic mass is 10.0. The van der Waals surface area contributed by atoms with Gasteiger partial charge in [0.1, 0.15) is 5.56 Å². The summed E-state index contributed by atoms with van der Waals surface area (Å²) in [5, 5.41) is 0. The van der Waals surface area contributed by atoms with E-state index in [2.05, 4.69) is 4.98 Å². The van der Waals surface area contributed by atoms with Gasteiger partial charge in [-0.25, -0.2) is 4.98 Å². The van der Waals surface area contributed by atoms with Crippen LogP contribution in [-0.4, -0.2) is 54.6 Å². The van der Waals surface area contributed by atoms with Crippen molar-refractivity contribution in [3.8, 4) is 5.88 Å². The highest BCUT2D eigenvalue weighted by Crippen LogP contribution is 2.26. The van der Waals surface area contributed by atoms with Gasteiger partial charge in [0.25, 0.3) is 5.91 Å². The zero-order valence-corrected chi connectivity index (χ0v) is 12.8. The first-order valence-corrected chi connectivity index (χ1v) is 7.25. The summed E-state index contributed by atoms with van der Waals surface area (Å²) >= 11 is 0. The molecule has 2 N–H and O–H groups in total. The van der Waals surface area contributed by atoms with Crippen molar-refractivity contribution < 1.29 is 19.1 Å². The first-order valence-electron chi connectivity index (χ1n) is 7.25. The third-order valence-electron chi connectivity index (χ3n) is 3.72. The topological polar surface area (TPSA) is 94.8 Å². The van der Waals surface area contributed by atoms with Gasteiger partial charge in [-0.3, -0.25) is 9.59 Å². The Balaban J connectivity index is 2.15. The van der Waals surface area contributed by atoms with Crippen LogP contribution in [0, 0.1) is 5.92 Å². The molecule has 1 saturated heterocycles. The van der Waals surface area contributed by atoms with Gasteiger partial charge in [0.05, 0.1) is 12.7 Å². The molecule has 2 rings (SSSR count). The molecule has 2 amide bonds. The van der Waals surface area contributed by atoms with E-state index >= 15 is 0 Å². The SMILES string of the molecule is CCOc1ncccc1C(=O)N1C[C@H](CC(N)=O)[C@@H](OC)C1. The number of ether oxygens (including phenoxy) is 2. The number of rotatable bonds is 6. The number of pyridine rings is 1. The number of aromatic nitrogens is 1. The summed E-state index contributed by atoms with van der Waals surface area (Å²) in [7, 11) is 1.57. The van der Waals surface area contributed by atoms with E-state index in [1.165, 1.54) is 0 Å². The van der Waals surface area contributed by atoms with E-state index in [0.29, 0.717) is 31.1 Å². The molecule has 0 aromatic carbocycles. The normalized spacial score (nSPS) is 20.9. The number of nitrogens with zero attached hydrogens (tertiary/aromatic N) is 2. The minimum absolute atomic E-state index is 0.0846. The lowest BCUT2D eigenvalue weighted by Gasteiger charge is -2.17. The van der Waals surface area contributed by atoms with Crippen molar-refractivity contribution in [2.75, 3.05) is 26.8 Å². The molecule has 1 aromatic heterocycles. The molecule has 7 heteroatoms. The number of hydrogen-bond donors (Lipinski definition) is 1. The maximum absolute atomic E-state index is 12.7. The van der Waals surface area contributed by atoms with Gasteiger partial charge >= 0.3 is 0 Å². The smallest absolute Gasteiger partial charge is 0.259 e. The van der Waals surface area contributed by atoms with Crippen LogP contribution in [0.15, 0.2) is 18.3 Å². The van der Waals surface area contributed by atoms with Crippen molar-refractivity contribution in [2.45, 2.75) is 19.4 Å². The second kappa shape index (κ2) is 7.22. The number of carbonyl (C=O) groups is 2. The summed E-state index contributed by atoms with van der Waals surface area (Å²) < 4.78 is 10.8. The lowest BCUT2D eigenvalue weighted by molar-refractivity contribution is -0.119. The van der Waals surface area contributed by atoms with Gasteiger partial charge in [0, 0.05) is 38.7 Å². The second-order valence-corrected chi connectivity index (χ2v) is 5.20. The highest BCUT2D eigenvalue weighted by Gasteiger charge is 2.37. The van der Waals surface area contributed by atoms with Gasteiger partial charge in [-0.05, 0) is 19.1 Å². The minimum atomic E-state index is -0.391. The maximum Gasteiger partial charge on any atom is 0.259 e. The first-order chi connectivity index (χ1) is 10.6. The van der Waals surface area contributed by atoms with Crippen molar-refractivity contribution in [2.24, 2.45) is 11.7 Å². The molecule has 1 aromatic rings. The third kappa shape index (κ3) is 3.54. The maximum atomic E-state index is 12.7. The van der Waals surface area contributed by atoms with Crippen molar-refractivity contribution in [3.05, 3.63) is 23.9 Å². The fourth-order valence-corrected chi connectivity index (χ4v) is 2.70. The first kappa shape index (κ1) is 16.2. The number of carbonyl (C=O) groups excluding carboxylic acids is 2. The molecule has 120 valence electrons. The van der Waals surface area contributed by atoms with Gasteiger partial charge in [-0.15, -0.1) is 0 Å². The largest absolute Gasteiger partial charge is 0.477 e. The van der Waals surface area contributed by atoms with Gasteiger partial charge in [-0.1, -0.05) is 0 Å². The molecule has 1 aliphatic heterocycles. The predicted octanol–water partition coefficient (Wildman–Crippen LogP) is 0.443. The quantitative estimate of drug-likeness (QED) is 0.823. The van der Waals surface area contributed by atoms with Crippen molar-refractivity contribution in [3.63, 3.8) is 0 Å². The Kier molecular flexibility index (Phi) is 5.32. The molecule has 0 aliphatic carbocycles. The zero-order chi connectivity index (χ0) is 16.1. The summed E-state index contributed by atoms with van der Waals surface area (Å²) in [6, 6.07) is 3.38. The Labute approximate surface area is 129 Å². The molecule has 2 heterocycles. The molecule has 0 saturated carbocycles. The molecule has 1 aliphatic rings. The Morgan fingerprint density at radius 1 is 1.45 bits per heavy atom. The van der Waals surface area contributed by atoms with Crippen LogP contribution in [-0.2, 0) is 9.53 Å². The van der Waals surface area contributed by atoms with Crippen LogP contribution in [0.25, 0.3) is 0 Å². The van der Waals surface area contributed by atoms with E-state index < -0.39 is 5.91 Å². The van der Waals surface area contributed by atoms with Crippen LogP contribution in [0.2, 0.25) is 0 Å². The van der Waals surface area contributed by atoms with E-state index in [1.807, 2.05) is 6.92 Å². The minimum Gasteiger partial charge on any atom is -0.477 e. The van der Waals surface area contributed by atoms with Crippen LogP contribution in [0.3, 0.4) is 0 Å². The summed E-state index contributed by atoms with van der Waals surface area (Å²) in [6.07, 6.45) is 1.59. The van der Waals surface area contributed by atoms with E-state index in [9.17, 15) is 9.59 Å². The fourth-order valence-electron chi connectivity index (χ4n) is 2.70. The molecule has 0 radical (unpaired) electrons. The standard InChI is InChI=1S/C15H21N3O4/c1-3-22-14-11(5-4-6-17-14)15(20)18-8-10(7-13(16)19)12(9-18)21-2/h4-6,10,12H,3,7-9H2,1-2H3,(H2,16,19)/t10-,12-/m0/s1. The van der Waals surface area contributed by atoms with Crippen molar-refractivity contribution >= 4 is 11.8 Å². The van der Waals surface area contributed by atoms with E-state index in [-0.39, 0.29) is 24.3 Å². The Hall–Kier alpha value is -2.15. The summed E-state index contributed by atoms with van der Waals surface area (Å²) in [5.41, 5.74) is 5.67. The van der Waals surface area contributed by atoms with Crippen molar-refractivity contribution in [1.82, 2.24) is 9.88 Å². The van der Waals surface area contributed by atoms with Crippen LogP contribution >= 0.6 is 0 Å². The number of methoxy groups -OCH3 is 1. The number of primary amides is 1. The van der Waals surface area contributed by atoms with Crippen LogP contribution in [0.4, 0.5) is 0 Å². The lowest BCUT2D eigenvalue weighted by Crippen LogP contribution is -2.30. The van der Waals surface area contributed by atoms with Crippen molar-refractivity contribution in [1.29, 1.82) is 0 Å². The molecule has 0 bridgehead atoms. The second-order valence-electron chi connectivity index (χ2n) is 5.20. The van der Waals surface area contributed by atoms with Crippen LogP contribution in [0.1, 0.15) is 23.7 Å². The fraction of sp³-hybridized carbons (Fsp3) is 0.533. The number of hydrogen-bond acceptors (Lipinski definition) is 5.